The number of nitrogens with one attached hydrogen (secondary N) is 2. The van der Waals surface area contributed by atoms with E-state index in [-0.39, 0.29) is 18.1 Å². The maximum Gasteiger partial charge on any atom is 0.255 e. The van der Waals surface area contributed by atoms with Crippen LogP contribution in [0.15, 0.2) is 12.3 Å². The first-order chi connectivity index (χ1) is 9.61. The van der Waals surface area contributed by atoms with E-state index in [1.54, 1.807) is 6.20 Å². The molecule has 0 bridgehead atoms. The molecule has 0 radical (unpaired) electrons. The van der Waals surface area contributed by atoms with Crippen LogP contribution in [0, 0.1) is 6.92 Å². The molecule has 2 N–H and O–H groups in total. The second-order valence-corrected chi connectivity index (χ2v) is 5.24. The lowest BCUT2D eigenvalue weighted by Crippen LogP contribution is -2.39. The highest BCUT2D eigenvalue weighted by Gasteiger charge is 2.26. The van der Waals surface area contributed by atoms with E-state index in [4.69, 9.17) is 4.74 Å². The maximum atomic E-state index is 12.4. The molecule has 1 aliphatic rings. The van der Waals surface area contributed by atoms with Gasteiger partial charge in [-0.2, -0.15) is 0 Å². The number of amides is 1. The smallest absolute Gasteiger partial charge is 0.255 e. The molecule has 1 fully saturated rings. The van der Waals surface area contributed by atoms with E-state index in [9.17, 15) is 4.79 Å². The van der Waals surface area contributed by atoms with E-state index < -0.39 is 0 Å². The number of hydrogen-bond donors (Lipinski definition) is 2. The van der Waals surface area contributed by atoms with Gasteiger partial charge in [-0.1, -0.05) is 6.92 Å². The molecular formula is C15H23N3O2. The molecule has 5 nitrogen and oxygen atoms in total. The molecule has 2 unspecified atom stereocenters. The second kappa shape index (κ2) is 6.70. The van der Waals surface area contributed by atoms with Crippen LogP contribution in [0.25, 0.3) is 0 Å². The van der Waals surface area contributed by atoms with Crippen molar-refractivity contribution < 1.29 is 9.53 Å². The van der Waals surface area contributed by atoms with Gasteiger partial charge < -0.3 is 15.4 Å². The van der Waals surface area contributed by atoms with Crippen LogP contribution in [-0.2, 0) is 4.74 Å². The number of aromatic nitrogens is 1. The molecule has 0 aliphatic carbocycles. The molecule has 110 valence electrons. The quantitative estimate of drug-likeness (QED) is 0.865. The van der Waals surface area contributed by atoms with Crippen molar-refractivity contribution in [3.63, 3.8) is 0 Å². The van der Waals surface area contributed by atoms with Gasteiger partial charge in [0.05, 0.1) is 23.4 Å². The summed E-state index contributed by atoms with van der Waals surface area (Å²) in [4.78, 5) is 16.6. The lowest BCUT2D eigenvalue weighted by Gasteiger charge is -2.18. The molecule has 1 aromatic heterocycles. The number of anilines is 1. The van der Waals surface area contributed by atoms with Crippen LogP contribution in [0.3, 0.4) is 0 Å². The van der Waals surface area contributed by atoms with Gasteiger partial charge in [-0.15, -0.1) is 0 Å². The van der Waals surface area contributed by atoms with Gasteiger partial charge in [0.2, 0.25) is 0 Å². The first-order valence-corrected chi connectivity index (χ1v) is 7.24. The SMILES string of the molecule is CCCNc1cc(C)ncc1C(=O)NC1CCOC1C. The number of carbonyl (C=O) groups is 1. The summed E-state index contributed by atoms with van der Waals surface area (Å²) in [6, 6.07) is 2.00. The molecule has 1 amide bonds. The zero-order chi connectivity index (χ0) is 14.5. The number of hydrogen-bond acceptors (Lipinski definition) is 4. The minimum absolute atomic E-state index is 0.0735. The lowest BCUT2D eigenvalue weighted by atomic mass is 10.1. The van der Waals surface area contributed by atoms with Crippen molar-refractivity contribution in [2.45, 2.75) is 45.8 Å². The predicted molar refractivity (Wildman–Crippen MR) is 79.0 cm³/mol. The van der Waals surface area contributed by atoms with Crippen LogP contribution < -0.4 is 10.6 Å². The van der Waals surface area contributed by atoms with Crippen molar-refractivity contribution in [3.05, 3.63) is 23.5 Å². The Balaban J connectivity index is 2.11. The predicted octanol–water partition coefficient (Wildman–Crippen LogP) is 2.12. The van der Waals surface area contributed by atoms with Crippen LogP contribution in [0.4, 0.5) is 5.69 Å². The fourth-order valence-corrected chi connectivity index (χ4v) is 2.31. The Hall–Kier alpha value is -1.62. The fourth-order valence-electron chi connectivity index (χ4n) is 2.31. The summed E-state index contributed by atoms with van der Waals surface area (Å²) < 4.78 is 5.47. The summed E-state index contributed by atoms with van der Waals surface area (Å²) in [5, 5.41) is 6.33. The van der Waals surface area contributed by atoms with Gasteiger partial charge in [0.15, 0.2) is 0 Å². The van der Waals surface area contributed by atoms with E-state index in [0.29, 0.717) is 12.2 Å². The summed E-state index contributed by atoms with van der Waals surface area (Å²) in [7, 11) is 0. The molecule has 2 rings (SSSR count). The van der Waals surface area contributed by atoms with Crippen molar-refractivity contribution in [2.75, 3.05) is 18.5 Å². The molecule has 2 heterocycles. The molecule has 1 aromatic rings. The van der Waals surface area contributed by atoms with Crippen molar-refractivity contribution in [1.82, 2.24) is 10.3 Å². The molecule has 0 saturated carbocycles. The summed E-state index contributed by atoms with van der Waals surface area (Å²) in [5.41, 5.74) is 2.35. The van der Waals surface area contributed by atoms with Crippen molar-refractivity contribution in [1.29, 1.82) is 0 Å². The highest BCUT2D eigenvalue weighted by Crippen LogP contribution is 2.18. The third kappa shape index (κ3) is 3.48. The first-order valence-electron chi connectivity index (χ1n) is 7.24. The summed E-state index contributed by atoms with van der Waals surface area (Å²) in [6.45, 7) is 7.55. The van der Waals surface area contributed by atoms with E-state index in [1.165, 1.54) is 0 Å². The average Bonchev–Trinajstić information content (AvgIpc) is 2.82. The molecule has 1 aliphatic heterocycles. The second-order valence-electron chi connectivity index (χ2n) is 5.24. The standard InChI is InChI=1S/C15H23N3O2/c1-4-6-16-14-8-10(2)17-9-12(14)15(19)18-13-5-7-20-11(13)3/h8-9,11,13H,4-7H2,1-3H3,(H,16,17)(H,18,19). The Labute approximate surface area is 120 Å². The zero-order valence-corrected chi connectivity index (χ0v) is 12.4. The summed E-state index contributed by atoms with van der Waals surface area (Å²) in [6.07, 6.45) is 3.59. The van der Waals surface area contributed by atoms with Crippen molar-refractivity contribution in [3.8, 4) is 0 Å². The highest BCUT2D eigenvalue weighted by molar-refractivity contribution is 5.99. The summed E-state index contributed by atoms with van der Waals surface area (Å²) in [5.74, 6) is -0.0848. The van der Waals surface area contributed by atoms with Gasteiger partial charge in [0.25, 0.3) is 5.91 Å². The van der Waals surface area contributed by atoms with E-state index in [0.717, 1.165) is 30.8 Å². The Morgan fingerprint density at radius 1 is 1.55 bits per heavy atom. The van der Waals surface area contributed by atoms with E-state index in [1.807, 2.05) is 19.9 Å². The van der Waals surface area contributed by atoms with Gasteiger partial charge in [0, 0.05) is 25.0 Å². The monoisotopic (exact) mass is 277 g/mol. The number of nitrogens with zero attached hydrogens (tertiary/aromatic N) is 1. The summed E-state index contributed by atoms with van der Waals surface area (Å²) >= 11 is 0. The number of ether oxygens (including phenoxy) is 1. The van der Waals surface area contributed by atoms with Crippen LogP contribution in [0.2, 0.25) is 0 Å². The normalized spacial score (nSPS) is 21.8. The maximum absolute atomic E-state index is 12.4. The molecule has 5 heteroatoms. The van der Waals surface area contributed by atoms with Crippen molar-refractivity contribution in [2.24, 2.45) is 0 Å². The molecule has 1 saturated heterocycles. The van der Waals surface area contributed by atoms with Gasteiger partial charge >= 0.3 is 0 Å². The minimum Gasteiger partial charge on any atom is -0.384 e. The molecular weight excluding hydrogens is 254 g/mol. The van der Waals surface area contributed by atoms with Gasteiger partial charge in [0.1, 0.15) is 0 Å². The molecule has 20 heavy (non-hydrogen) atoms. The zero-order valence-electron chi connectivity index (χ0n) is 12.4. The van der Waals surface area contributed by atoms with Crippen LogP contribution in [-0.4, -0.2) is 36.2 Å². The van der Waals surface area contributed by atoms with Crippen LogP contribution in [0.5, 0.6) is 0 Å². The number of carbonyl (C=O) groups excluding carboxylic acids is 1. The Bertz CT molecular complexity index is 476. The third-order valence-electron chi connectivity index (χ3n) is 3.54. The Morgan fingerprint density at radius 3 is 3.00 bits per heavy atom. The van der Waals surface area contributed by atoms with Crippen LogP contribution in [0.1, 0.15) is 42.7 Å². The first kappa shape index (κ1) is 14.8. The number of rotatable bonds is 5. The molecule has 0 aromatic carbocycles. The molecule has 0 spiro atoms. The minimum atomic E-state index is -0.0848. The third-order valence-corrected chi connectivity index (χ3v) is 3.54. The van der Waals surface area contributed by atoms with Crippen LogP contribution >= 0.6 is 0 Å². The lowest BCUT2D eigenvalue weighted by molar-refractivity contribution is 0.0866. The van der Waals surface area contributed by atoms with Gasteiger partial charge in [-0.25, -0.2) is 0 Å². The molecule has 2 atom stereocenters. The Kier molecular flexibility index (Phi) is 4.95. The van der Waals surface area contributed by atoms with E-state index in [2.05, 4.69) is 22.5 Å². The highest BCUT2D eigenvalue weighted by atomic mass is 16.5. The topological polar surface area (TPSA) is 63.2 Å². The van der Waals surface area contributed by atoms with Crippen molar-refractivity contribution >= 4 is 11.6 Å². The Morgan fingerprint density at radius 2 is 2.35 bits per heavy atom. The van der Waals surface area contributed by atoms with Gasteiger partial charge in [-0.05, 0) is 32.8 Å². The largest absolute Gasteiger partial charge is 0.384 e. The van der Waals surface area contributed by atoms with E-state index >= 15 is 0 Å². The average molecular weight is 277 g/mol. The fraction of sp³-hybridized carbons (Fsp3) is 0.600. The number of pyridine rings is 1. The number of aryl methyl sites for hydroxylation is 1. The van der Waals surface area contributed by atoms with Gasteiger partial charge in [-0.3, -0.25) is 9.78 Å².